The summed E-state index contributed by atoms with van der Waals surface area (Å²) in [5.41, 5.74) is 2.66. The Morgan fingerprint density at radius 2 is 1.82 bits per heavy atom. The molecule has 1 amide bonds. The number of hydrogen-bond donors (Lipinski definition) is 1. The lowest BCUT2D eigenvalue weighted by Crippen LogP contribution is -2.46. The SMILES string of the molecule is O=C(NCCn1ncc2c(N3CCN(Cc4ccccc4)CC3)ncnc21)c1cccnc1. The number of fused-ring (bicyclic) bond motifs is 1. The van der Waals surface area contributed by atoms with Gasteiger partial charge in [-0.25, -0.2) is 14.6 Å². The van der Waals surface area contributed by atoms with E-state index in [2.05, 4.69) is 65.5 Å². The molecule has 4 aromatic rings. The van der Waals surface area contributed by atoms with Gasteiger partial charge in [0.05, 0.1) is 23.7 Å². The molecule has 0 radical (unpaired) electrons. The van der Waals surface area contributed by atoms with Gasteiger partial charge in [-0.3, -0.25) is 14.7 Å². The standard InChI is InChI=1S/C24H26N8O/c33-24(20-7-4-8-25-15-20)26-9-10-32-23-21(16-29-32)22(27-18-28-23)31-13-11-30(12-14-31)17-19-5-2-1-3-6-19/h1-8,15-16,18H,9-14,17H2,(H,26,33). The van der Waals surface area contributed by atoms with Gasteiger partial charge in [0.15, 0.2) is 5.65 Å². The van der Waals surface area contributed by atoms with Crippen LogP contribution in [0.4, 0.5) is 5.82 Å². The van der Waals surface area contributed by atoms with E-state index in [4.69, 9.17) is 0 Å². The first-order valence-electron chi connectivity index (χ1n) is 11.1. The van der Waals surface area contributed by atoms with E-state index < -0.39 is 0 Å². The van der Waals surface area contributed by atoms with Crippen molar-refractivity contribution in [2.24, 2.45) is 0 Å². The highest BCUT2D eigenvalue weighted by atomic mass is 16.1. The summed E-state index contributed by atoms with van der Waals surface area (Å²) in [6.45, 7) is 5.72. The fourth-order valence-electron chi connectivity index (χ4n) is 4.13. The van der Waals surface area contributed by atoms with Gasteiger partial charge in [-0.15, -0.1) is 0 Å². The molecule has 0 spiro atoms. The third kappa shape index (κ3) is 4.83. The first-order chi connectivity index (χ1) is 16.3. The molecule has 1 fully saturated rings. The predicted octanol–water partition coefficient (Wildman–Crippen LogP) is 1.97. The average molecular weight is 443 g/mol. The third-order valence-electron chi connectivity index (χ3n) is 5.87. The smallest absolute Gasteiger partial charge is 0.252 e. The van der Waals surface area contributed by atoms with E-state index in [1.807, 2.05) is 10.9 Å². The molecule has 1 aromatic carbocycles. The molecule has 0 aliphatic carbocycles. The number of carbonyl (C=O) groups is 1. The van der Waals surface area contributed by atoms with Crippen molar-refractivity contribution in [3.8, 4) is 0 Å². The number of anilines is 1. The van der Waals surface area contributed by atoms with E-state index in [0.717, 1.165) is 49.6 Å². The van der Waals surface area contributed by atoms with Crippen molar-refractivity contribution < 1.29 is 4.79 Å². The fourth-order valence-corrected chi connectivity index (χ4v) is 4.13. The average Bonchev–Trinajstić information content (AvgIpc) is 3.29. The lowest BCUT2D eigenvalue weighted by atomic mass is 10.2. The van der Waals surface area contributed by atoms with Gasteiger partial charge in [0, 0.05) is 51.7 Å². The maximum atomic E-state index is 12.2. The van der Waals surface area contributed by atoms with Gasteiger partial charge < -0.3 is 10.2 Å². The van der Waals surface area contributed by atoms with Crippen LogP contribution in [-0.2, 0) is 13.1 Å². The summed E-state index contributed by atoms with van der Waals surface area (Å²) in [4.78, 5) is 30.0. The molecule has 4 heterocycles. The zero-order valence-corrected chi connectivity index (χ0v) is 18.3. The highest BCUT2D eigenvalue weighted by Crippen LogP contribution is 2.24. The van der Waals surface area contributed by atoms with Crippen molar-refractivity contribution in [2.75, 3.05) is 37.6 Å². The van der Waals surface area contributed by atoms with Crippen molar-refractivity contribution in [2.45, 2.75) is 13.1 Å². The molecule has 3 aromatic heterocycles. The molecule has 0 saturated carbocycles. The zero-order valence-electron chi connectivity index (χ0n) is 18.3. The molecule has 0 bridgehead atoms. The van der Waals surface area contributed by atoms with E-state index >= 15 is 0 Å². The topological polar surface area (TPSA) is 92.1 Å². The summed E-state index contributed by atoms with van der Waals surface area (Å²) in [5.74, 6) is 0.772. The van der Waals surface area contributed by atoms with Crippen LogP contribution in [0.25, 0.3) is 11.0 Å². The number of nitrogens with zero attached hydrogens (tertiary/aromatic N) is 7. The molecular formula is C24H26N8O. The number of pyridine rings is 1. The number of rotatable bonds is 7. The maximum Gasteiger partial charge on any atom is 0.252 e. The van der Waals surface area contributed by atoms with Crippen molar-refractivity contribution in [3.63, 3.8) is 0 Å². The second-order valence-electron chi connectivity index (χ2n) is 8.05. The van der Waals surface area contributed by atoms with Gasteiger partial charge >= 0.3 is 0 Å². The van der Waals surface area contributed by atoms with E-state index in [9.17, 15) is 4.79 Å². The van der Waals surface area contributed by atoms with E-state index in [-0.39, 0.29) is 5.91 Å². The maximum absolute atomic E-state index is 12.2. The molecule has 1 N–H and O–H groups in total. The Balaban J connectivity index is 1.20. The van der Waals surface area contributed by atoms with Crippen LogP contribution in [0.1, 0.15) is 15.9 Å². The third-order valence-corrected chi connectivity index (χ3v) is 5.87. The van der Waals surface area contributed by atoms with Gasteiger partial charge in [0.25, 0.3) is 5.91 Å². The molecule has 9 nitrogen and oxygen atoms in total. The Bertz CT molecular complexity index is 1200. The summed E-state index contributed by atoms with van der Waals surface area (Å²) < 4.78 is 1.82. The van der Waals surface area contributed by atoms with E-state index in [1.165, 1.54) is 5.56 Å². The quantitative estimate of drug-likeness (QED) is 0.468. The molecule has 0 unspecified atom stereocenters. The number of nitrogens with one attached hydrogen (secondary N) is 1. The van der Waals surface area contributed by atoms with Crippen molar-refractivity contribution >= 4 is 22.8 Å². The molecule has 9 heteroatoms. The largest absolute Gasteiger partial charge is 0.353 e. The minimum atomic E-state index is -0.150. The minimum absolute atomic E-state index is 0.150. The summed E-state index contributed by atoms with van der Waals surface area (Å²) >= 11 is 0. The molecule has 5 rings (SSSR count). The lowest BCUT2D eigenvalue weighted by Gasteiger charge is -2.35. The normalized spacial score (nSPS) is 14.5. The number of aromatic nitrogens is 5. The van der Waals surface area contributed by atoms with Gasteiger partial charge in [0.2, 0.25) is 0 Å². The van der Waals surface area contributed by atoms with Gasteiger partial charge in [-0.1, -0.05) is 30.3 Å². The van der Waals surface area contributed by atoms with Crippen LogP contribution < -0.4 is 10.2 Å². The van der Waals surface area contributed by atoms with Crippen molar-refractivity contribution in [1.29, 1.82) is 0 Å². The second kappa shape index (κ2) is 9.74. The van der Waals surface area contributed by atoms with Crippen molar-refractivity contribution in [3.05, 3.63) is 78.5 Å². The van der Waals surface area contributed by atoms with Crippen LogP contribution in [-0.4, -0.2) is 68.3 Å². The second-order valence-corrected chi connectivity index (χ2v) is 8.05. The molecule has 1 saturated heterocycles. The molecule has 33 heavy (non-hydrogen) atoms. The first kappa shape index (κ1) is 21.0. The fraction of sp³-hybridized carbons (Fsp3) is 0.292. The summed E-state index contributed by atoms with van der Waals surface area (Å²) in [6, 6.07) is 14.1. The number of benzene rings is 1. The molecule has 1 aliphatic heterocycles. The number of hydrogen-bond acceptors (Lipinski definition) is 7. The highest BCUT2D eigenvalue weighted by molar-refractivity contribution is 5.93. The van der Waals surface area contributed by atoms with Gasteiger partial charge in [-0.2, -0.15) is 5.10 Å². The van der Waals surface area contributed by atoms with Crippen LogP contribution in [0.15, 0.2) is 67.4 Å². The predicted molar refractivity (Wildman–Crippen MR) is 126 cm³/mol. The van der Waals surface area contributed by atoms with Crippen LogP contribution in [0.3, 0.4) is 0 Å². The van der Waals surface area contributed by atoms with Crippen LogP contribution in [0.2, 0.25) is 0 Å². The number of piperazine rings is 1. The van der Waals surface area contributed by atoms with Crippen molar-refractivity contribution in [1.82, 2.24) is 34.9 Å². The summed E-state index contributed by atoms with van der Waals surface area (Å²) in [6.07, 6.45) is 6.62. The van der Waals surface area contributed by atoms with Crippen LogP contribution >= 0.6 is 0 Å². The Labute approximate surface area is 192 Å². The molecule has 0 atom stereocenters. The highest BCUT2D eigenvalue weighted by Gasteiger charge is 2.21. The van der Waals surface area contributed by atoms with Crippen LogP contribution in [0.5, 0.6) is 0 Å². The Morgan fingerprint density at radius 1 is 0.970 bits per heavy atom. The van der Waals surface area contributed by atoms with Crippen LogP contribution in [0, 0.1) is 0 Å². The summed E-state index contributed by atoms with van der Waals surface area (Å²) in [5, 5.41) is 8.35. The Hall–Kier alpha value is -3.85. The Kier molecular flexibility index (Phi) is 6.21. The minimum Gasteiger partial charge on any atom is -0.353 e. The molecular weight excluding hydrogens is 416 g/mol. The van der Waals surface area contributed by atoms with Gasteiger partial charge in [-0.05, 0) is 17.7 Å². The number of carbonyl (C=O) groups excluding carboxylic acids is 1. The zero-order chi connectivity index (χ0) is 22.5. The number of amides is 1. The van der Waals surface area contributed by atoms with E-state index in [0.29, 0.717) is 18.7 Å². The lowest BCUT2D eigenvalue weighted by molar-refractivity contribution is 0.0951. The van der Waals surface area contributed by atoms with E-state index in [1.54, 1.807) is 30.9 Å². The molecule has 168 valence electrons. The molecule has 1 aliphatic rings. The summed E-state index contributed by atoms with van der Waals surface area (Å²) in [7, 11) is 0. The van der Waals surface area contributed by atoms with Gasteiger partial charge in [0.1, 0.15) is 12.1 Å². The Morgan fingerprint density at radius 3 is 2.61 bits per heavy atom. The monoisotopic (exact) mass is 442 g/mol. The first-order valence-corrected chi connectivity index (χ1v) is 11.1.